The lowest BCUT2D eigenvalue weighted by Crippen LogP contribution is -2.35. The molecular formula is C16H20N2O2. The van der Waals surface area contributed by atoms with Crippen molar-refractivity contribution < 1.29 is 9.63 Å². The summed E-state index contributed by atoms with van der Waals surface area (Å²) in [7, 11) is 0. The second-order valence-electron chi connectivity index (χ2n) is 5.46. The summed E-state index contributed by atoms with van der Waals surface area (Å²) in [5.74, 6) is 0.353. The molecule has 1 fully saturated rings. The average Bonchev–Trinajstić information content (AvgIpc) is 3.01. The first-order chi connectivity index (χ1) is 9.83. The van der Waals surface area contributed by atoms with Crippen LogP contribution in [0.15, 0.2) is 47.2 Å². The van der Waals surface area contributed by atoms with Gasteiger partial charge in [0.05, 0.1) is 11.8 Å². The van der Waals surface area contributed by atoms with Crippen molar-refractivity contribution in [2.24, 2.45) is 5.92 Å². The zero-order valence-corrected chi connectivity index (χ0v) is 11.5. The summed E-state index contributed by atoms with van der Waals surface area (Å²) < 4.78 is 4.86. The Labute approximate surface area is 119 Å². The first kappa shape index (κ1) is 13.3. The van der Waals surface area contributed by atoms with Gasteiger partial charge in [-0.25, -0.2) is 0 Å². The molecule has 106 valence electrons. The van der Waals surface area contributed by atoms with E-state index in [-0.39, 0.29) is 6.10 Å². The molecule has 1 N–H and O–H groups in total. The Morgan fingerprint density at radius 1 is 1.20 bits per heavy atom. The van der Waals surface area contributed by atoms with E-state index in [9.17, 15) is 5.11 Å². The fourth-order valence-corrected chi connectivity index (χ4v) is 2.90. The Morgan fingerprint density at radius 3 is 2.60 bits per heavy atom. The number of hydrogen-bond acceptors (Lipinski definition) is 4. The Kier molecular flexibility index (Phi) is 4.14. The number of rotatable bonds is 4. The predicted octanol–water partition coefficient (Wildman–Crippen LogP) is 2.62. The highest BCUT2D eigenvalue weighted by Crippen LogP contribution is 2.30. The van der Waals surface area contributed by atoms with Gasteiger partial charge in [-0.1, -0.05) is 35.5 Å². The van der Waals surface area contributed by atoms with Gasteiger partial charge in [0.2, 0.25) is 0 Å². The van der Waals surface area contributed by atoms with Gasteiger partial charge in [-0.2, -0.15) is 0 Å². The van der Waals surface area contributed by atoms with Gasteiger partial charge >= 0.3 is 0 Å². The lowest BCUT2D eigenvalue weighted by atomic mass is 9.87. The van der Waals surface area contributed by atoms with Crippen molar-refractivity contribution in [3.63, 3.8) is 0 Å². The highest BCUT2D eigenvalue weighted by molar-refractivity contribution is 5.18. The van der Waals surface area contributed by atoms with Crippen LogP contribution >= 0.6 is 0 Å². The lowest BCUT2D eigenvalue weighted by molar-refractivity contribution is 0.0561. The molecule has 4 nitrogen and oxygen atoms in total. The SMILES string of the molecule is OC(c1ccccc1)C1CCN(Cc2ccon2)CC1. The molecule has 2 aromatic rings. The maximum absolute atomic E-state index is 10.4. The number of likely N-dealkylation sites (tertiary alicyclic amines) is 1. The van der Waals surface area contributed by atoms with Crippen LogP contribution in [0, 0.1) is 5.92 Å². The number of aliphatic hydroxyl groups excluding tert-OH is 1. The molecule has 20 heavy (non-hydrogen) atoms. The van der Waals surface area contributed by atoms with Crippen molar-refractivity contribution in [1.82, 2.24) is 10.1 Å². The molecule has 0 aliphatic carbocycles. The van der Waals surface area contributed by atoms with Crippen LogP contribution in [0.3, 0.4) is 0 Å². The maximum atomic E-state index is 10.4. The van der Waals surface area contributed by atoms with E-state index in [4.69, 9.17) is 4.52 Å². The minimum atomic E-state index is -0.342. The maximum Gasteiger partial charge on any atom is 0.124 e. The first-order valence-electron chi connectivity index (χ1n) is 7.17. The first-order valence-corrected chi connectivity index (χ1v) is 7.17. The van der Waals surface area contributed by atoms with Crippen LogP contribution in [0.1, 0.15) is 30.2 Å². The fraction of sp³-hybridized carbons (Fsp3) is 0.438. The van der Waals surface area contributed by atoms with Crippen molar-refractivity contribution in [2.45, 2.75) is 25.5 Å². The summed E-state index contributed by atoms with van der Waals surface area (Å²) in [6.07, 6.45) is 3.31. The third kappa shape index (κ3) is 3.08. The van der Waals surface area contributed by atoms with Gasteiger partial charge in [-0.15, -0.1) is 0 Å². The molecule has 0 radical (unpaired) electrons. The Hall–Kier alpha value is -1.65. The third-order valence-corrected chi connectivity index (χ3v) is 4.10. The van der Waals surface area contributed by atoms with Crippen LogP contribution < -0.4 is 0 Å². The van der Waals surface area contributed by atoms with Crippen LogP contribution in [0.4, 0.5) is 0 Å². The number of aromatic nitrogens is 1. The van der Waals surface area contributed by atoms with Gasteiger partial charge in [0.15, 0.2) is 0 Å². The highest BCUT2D eigenvalue weighted by Gasteiger charge is 2.26. The molecule has 2 heterocycles. The van der Waals surface area contributed by atoms with Crippen molar-refractivity contribution >= 4 is 0 Å². The molecule has 4 heteroatoms. The Bertz CT molecular complexity index is 505. The second kappa shape index (κ2) is 6.20. The summed E-state index contributed by atoms with van der Waals surface area (Å²) in [6, 6.07) is 11.9. The Balaban J connectivity index is 1.53. The molecule has 3 rings (SSSR count). The van der Waals surface area contributed by atoms with E-state index in [2.05, 4.69) is 10.1 Å². The minimum Gasteiger partial charge on any atom is -0.388 e. The monoisotopic (exact) mass is 272 g/mol. The zero-order chi connectivity index (χ0) is 13.8. The van der Waals surface area contributed by atoms with E-state index < -0.39 is 0 Å². The lowest BCUT2D eigenvalue weighted by Gasteiger charge is -2.33. The van der Waals surface area contributed by atoms with Gasteiger partial charge < -0.3 is 9.63 Å². The fourth-order valence-electron chi connectivity index (χ4n) is 2.90. The molecule has 1 aliphatic rings. The molecular weight excluding hydrogens is 252 g/mol. The van der Waals surface area contributed by atoms with Gasteiger partial charge in [-0.05, 0) is 37.4 Å². The standard InChI is InChI=1S/C16H20N2O2/c19-16(13-4-2-1-3-5-13)14-6-9-18(10-7-14)12-15-8-11-20-17-15/h1-5,8,11,14,16,19H,6-7,9-10,12H2. The summed E-state index contributed by atoms with van der Waals surface area (Å²) in [4.78, 5) is 2.37. The molecule has 0 amide bonds. The van der Waals surface area contributed by atoms with Gasteiger partial charge in [-0.3, -0.25) is 4.90 Å². The highest BCUT2D eigenvalue weighted by atomic mass is 16.5. The van der Waals surface area contributed by atoms with Gasteiger partial charge in [0.1, 0.15) is 6.26 Å². The van der Waals surface area contributed by atoms with Crippen LogP contribution in [-0.4, -0.2) is 28.3 Å². The molecule has 1 atom stereocenters. The van der Waals surface area contributed by atoms with E-state index in [1.54, 1.807) is 6.26 Å². The van der Waals surface area contributed by atoms with E-state index >= 15 is 0 Å². The smallest absolute Gasteiger partial charge is 0.124 e. The third-order valence-electron chi connectivity index (χ3n) is 4.10. The van der Waals surface area contributed by atoms with E-state index in [0.29, 0.717) is 5.92 Å². The van der Waals surface area contributed by atoms with Crippen LogP contribution in [-0.2, 0) is 6.54 Å². The molecule has 1 unspecified atom stereocenters. The van der Waals surface area contributed by atoms with E-state index in [1.807, 2.05) is 36.4 Å². The zero-order valence-electron chi connectivity index (χ0n) is 11.5. The number of piperidine rings is 1. The molecule has 0 bridgehead atoms. The van der Waals surface area contributed by atoms with Crippen LogP contribution in [0.5, 0.6) is 0 Å². The average molecular weight is 272 g/mol. The summed E-state index contributed by atoms with van der Waals surface area (Å²) in [5.41, 5.74) is 2.01. The Morgan fingerprint density at radius 2 is 1.95 bits per heavy atom. The minimum absolute atomic E-state index is 0.342. The van der Waals surface area contributed by atoms with Gasteiger partial charge in [0, 0.05) is 12.6 Å². The normalized spacial score (nSPS) is 19.1. The van der Waals surface area contributed by atoms with E-state index in [0.717, 1.165) is 43.7 Å². The van der Waals surface area contributed by atoms with Crippen molar-refractivity contribution in [3.8, 4) is 0 Å². The topological polar surface area (TPSA) is 49.5 Å². The summed E-state index contributed by atoms with van der Waals surface area (Å²) in [5, 5.41) is 14.4. The summed E-state index contributed by atoms with van der Waals surface area (Å²) >= 11 is 0. The quantitative estimate of drug-likeness (QED) is 0.929. The van der Waals surface area contributed by atoms with Crippen LogP contribution in [0.25, 0.3) is 0 Å². The van der Waals surface area contributed by atoms with Crippen LogP contribution in [0.2, 0.25) is 0 Å². The largest absolute Gasteiger partial charge is 0.388 e. The number of nitrogens with zero attached hydrogens (tertiary/aromatic N) is 2. The number of hydrogen-bond donors (Lipinski definition) is 1. The summed E-state index contributed by atoms with van der Waals surface area (Å²) in [6.45, 7) is 2.84. The molecule has 1 saturated heterocycles. The number of aliphatic hydroxyl groups is 1. The number of benzene rings is 1. The molecule has 1 aromatic heterocycles. The molecule has 0 spiro atoms. The molecule has 1 aromatic carbocycles. The predicted molar refractivity (Wildman–Crippen MR) is 75.9 cm³/mol. The second-order valence-corrected chi connectivity index (χ2v) is 5.46. The van der Waals surface area contributed by atoms with Crippen molar-refractivity contribution in [3.05, 3.63) is 53.9 Å². The molecule has 1 aliphatic heterocycles. The van der Waals surface area contributed by atoms with Crippen molar-refractivity contribution in [1.29, 1.82) is 0 Å². The van der Waals surface area contributed by atoms with Gasteiger partial charge in [0.25, 0.3) is 0 Å². The molecule has 0 saturated carbocycles. The van der Waals surface area contributed by atoms with E-state index in [1.165, 1.54) is 0 Å². The van der Waals surface area contributed by atoms with Crippen molar-refractivity contribution in [2.75, 3.05) is 13.1 Å².